The van der Waals surface area contributed by atoms with Gasteiger partial charge in [-0.15, -0.1) is 0 Å². The Balaban J connectivity index is 1.53. The molecule has 1 saturated heterocycles. The molecule has 2 heterocycles. The fraction of sp³-hybridized carbons (Fsp3) is 0.654. The van der Waals surface area contributed by atoms with E-state index in [0.29, 0.717) is 0 Å². The number of allylic oxidation sites excluding steroid dienone is 2. The third kappa shape index (κ3) is 1.82. The average Bonchev–Trinajstić information content (AvgIpc) is 3.07. The Hall–Kier alpha value is -2.01. The molecule has 1 unspecified atom stereocenters. The van der Waals surface area contributed by atoms with Crippen LogP contribution in [0, 0.1) is 33.5 Å². The van der Waals surface area contributed by atoms with Crippen molar-refractivity contribution in [3.8, 4) is 0 Å². The van der Waals surface area contributed by atoms with E-state index in [1.807, 2.05) is 39.2 Å². The first-order valence-electron chi connectivity index (χ1n) is 11.5. The Kier molecular flexibility index (Phi) is 3.36. The maximum atomic E-state index is 14.0. The zero-order valence-corrected chi connectivity index (χ0v) is 18.9. The van der Waals surface area contributed by atoms with E-state index in [9.17, 15) is 14.4 Å². The van der Waals surface area contributed by atoms with E-state index in [1.165, 1.54) is 0 Å². The molecule has 0 bridgehead atoms. The molecule has 4 fully saturated rings. The Bertz CT molecular complexity index is 1070. The second kappa shape index (κ2) is 5.31. The van der Waals surface area contributed by atoms with Crippen LogP contribution in [0.2, 0.25) is 0 Å². The fourth-order valence-corrected chi connectivity index (χ4v) is 9.08. The number of carbonyl (C=O) groups excluding carboxylic acids is 3. The summed E-state index contributed by atoms with van der Waals surface area (Å²) in [6.45, 7) is 9.97. The number of furan rings is 1. The number of epoxide rings is 1. The third-order valence-electron chi connectivity index (χ3n) is 10.4. The predicted molar refractivity (Wildman–Crippen MR) is 112 cm³/mol. The van der Waals surface area contributed by atoms with Gasteiger partial charge in [-0.2, -0.15) is 0 Å². The van der Waals surface area contributed by atoms with Crippen LogP contribution in [0.3, 0.4) is 0 Å². The van der Waals surface area contributed by atoms with Gasteiger partial charge < -0.3 is 9.15 Å². The highest BCUT2D eigenvalue weighted by molar-refractivity contribution is 6.42. The van der Waals surface area contributed by atoms with Crippen molar-refractivity contribution in [2.45, 2.75) is 71.5 Å². The number of carbonyl (C=O) groups is 3. The number of ether oxygens (including phenoxy) is 1. The molecule has 8 atom stereocenters. The van der Waals surface area contributed by atoms with E-state index in [4.69, 9.17) is 9.15 Å². The number of hydrogen-bond donors (Lipinski definition) is 0. The maximum Gasteiger partial charge on any atom is 0.207 e. The standard InChI is InChI=1S/C26H30O5/c1-22(2)17(27)7-9-23(3)16-6-10-24(4)15(14-8-11-30-13-14)12-18-26(24,31-18)25(16,5)21(29)19(28)20(22)23/h7-9,11,13,15-16,18,20H,6,10,12H2,1-5H3/t15-,16+,18+,20?,23+,24-,25-,26+/m0/s1. The van der Waals surface area contributed by atoms with Crippen molar-refractivity contribution in [1.82, 2.24) is 0 Å². The van der Waals surface area contributed by atoms with Gasteiger partial charge in [-0.05, 0) is 55.7 Å². The molecule has 1 aromatic rings. The summed E-state index contributed by atoms with van der Waals surface area (Å²) in [6.07, 6.45) is 9.69. The van der Waals surface area contributed by atoms with Gasteiger partial charge in [0, 0.05) is 22.2 Å². The summed E-state index contributed by atoms with van der Waals surface area (Å²) in [5.41, 5.74) is -2.04. The Morgan fingerprint density at radius 2 is 1.81 bits per heavy atom. The Labute approximate surface area is 182 Å². The smallest absolute Gasteiger partial charge is 0.207 e. The highest BCUT2D eigenvalue weighted by atomic mass is 16.6. The van der Waals surface area contributed by atoms with E-state index in [1.54, 1.807) is 12.3 Å². The van der Waals surface area contributed by atoms with Gasteiger partial charge >= 0.3 is 0 Å². The van der Waals surface area contributed by atoms with Crippen molar-refractivity contribution in [3.63, 3.8) is 0 Å². The van der Waals surface area contributed by atoms with E-state index in [-0.39, 0.29) is 40.7 Å². The molecule has 164 valence electrons. The minimum absolute atomic E-state index is 0.0238. The second-order valence-electron chi connectivity index (χ2n) is 11.8. The van der Waals surface area contributed by atoms with Gasteiger partial charge in [0.05, 0.1) is 24.0 Å². The Morgan fingerprint density at radius 3 is 2.48 bits per heavy atom. The molecule has 5 nitrogen and oxygen atoms in total. The summed E-state index contributed by atoms with van der Waals surface area (Å²) < 4.78 is 11.9. The van der Waals surface area contributed by atoms with Gasteiger partial charge in [-0.25, -0.2) is 0 Å². The van der Waals surface area contributed by atoms with E-state index >= 15 is 0 Å². The minimum Gasteiger partial charge on any atom is -0.472 e. The first-order valence-corrected chi connectivity index (χ1v) is 11.5. The van der Waals surface area contributed by atoms with Crippen molar-refractivity contribution in [3.05, 3.63) is 36.3 Å². The molecule has 0 aromatic carbocycles. The molecule has 0 N–H and O–H groups in total. The van der Waals surface area contributed by atoms with Crippen molar-refractivity contribution in [1.29, 1.82) is 0 Å². The molecule has 5 heteroatoms. The third-order valence-corrected chi connectivity index (χ3v) is 10.4. The Morgan fingerprint density at radius 1 is 1.06 bits per heavy atom. The quantitative estimate of drug-likeness (QED) is 0.499. The highest BCUT2D eigenvalue weighted by Gasteiger charge is 2.88. The molecular weight excluding hydrogens is 392 g/mol. The lowest BCUT2D eigenvalue weighted by Crippen LogP contribution is -2.71. The van der Waals surface area contributed by atoms with E-state index in [2.05, 4.69) is 13.8 Å². The highest BCUT2D eigenvalue weighted by Crippen LogP contribution is 2.81. The van der Waals surface area contributed by atoms with E-state index < -0.39 is 27.8 Å². The lowest BCUT2D eigenvalue weighted by atomic mass is 9.37. The molecular formula is C26H30O5. The summed E-state index contributed by atoms with van der Waals surface area (Å²) in [6, 6.07) is 2.02. The first kappa shape index (κ1) is 19.7. The van der Waals surface area contributed by atoms with Crippen LogP contribution in [0.25, 0.3) is 0 Å². The summed E-state index contributed by atoms with van der Waals surface area (Å²) in [5.74, 6) is -1.19. The molecule has 6 rings (SSSR count). The number of fused-ring (bicyclic) bond motifs is 3. The molecule has 1 aliphatic heterocycles. The van der Waals surface area contributed by atoms with Crippen molar-refractivity contribution < 1.29 is 23.5 Å². The number of Topliss-reactive ketones (excluding diaryl/α,β-unsaturated/α-hetero) is 2. The molecule has 1 spiro atoms. The van der Waals surface area contributed by atoms with Gasteiger partial charge in [-0.1, -0.05) is 33.8 Å². The maximum absolute atomic E-state index is 14.0. The molecule has 4 aliphatic carbocycles. The lowest BCUT2D eigenvalue weighted by Gasteiger charge is -2.64. The van der Waals surface area contributed by atoms with Gasteiger partial charge in [-0.3, -0.25) is 14.4 Å². The van der Waals surface area contributed by atoms with Crippen LogP contribution >= 0.6 is 0 Å². The van der Waals surface area contributed by atoms with Crippen LogP contribution in [0.5, 0.6) is 0 Å². The van der Waals surface area contributed by atoms with Gasteiger partial charge in [0.15, 0.2) is 5.78 Å². The van der Waals surface area contributed by atoms with Crippen molar-refractivity contribution in [2.24, 2.45) is 33.5 Å². The largest absolute Gasteiger partial charge is 0.472 e. The van der Waals surface area contributed by atoms with Crippen LogP contribution in [-0.2, 0) is 19.1 Å². The van der Waals surface area contributed by atoms with Crippen LogP contribution in [0.4, 0.5) is 0 Å². The molecule has 1 aromatic heterocycles. The molecule has 0 amide bonds. The van der Waals surface area contributed by atoms with Crippen molar-refractivity contribution in [2.75, 3.05) is 0 Å². The molecule has 3 saturated carbocycles. The van der Waals surface area contributed by atoms with Gasteiger partial charge in [0.1, 0.15) is 5.60 Å². The summed E-state index contributed by atoms with van der Waals surface area (Å²) in [4.78, 5) is 40.4. The molecule has 31 heavy (non-hydrogen) atoms. The van der Waals surface area contributed by atoms with E-state index in [0.717, 1.165) is 24.8 Å². The SMILES string of the molecule is CC1(C)C(=O)C=C[C@@]2(C)C1C(=O)C(=O)[C@]1(C)[C@@H]2CC[C@@]2(C)[C@H](c3ccoc3)C[C@H]3O[C@]321. The summed E-state index contributed by atoms with van der Waals surface area (Å²) >= 11 is 0. The monoisotopic (exact) mass is 422 g/mol. The summed E-state index contributed by atoms with van der Waals surface area (Å²) in [7, 11) is 0. The molecule has 0 radical (unpaired) electrons. The predicted octanol–water partition coefficient (Wildman–Crippen LogP) is 4.27. The fourth-order valence-electron chi connectivity index (χ4n) is 9.08. The van der Waals surface area contributed by atoms with Crippen LogP contribution in [0.1, 0.15) is 65.4 Å². The zero-order chi connectivity index (χ0) is 22.2. The topological polar surface area (TPSA) is 76.9 Å². The van der Waals surface area contributed by atoms with Crippen LogP contribution in [0.15, 0.2) is 35.2 Å². The first-order chi connectivity index (χ1) is 14.5. The summed E-state index contributed by atoms with van der Waals surface area (Å²) in [5, 5.41) is 0. The minimum atomic E-state index is -0.897. The van der Waals surface area contributed by atoms with Gasteiger partial charge in [0.2, 0.25) is 11.6 Å². The zero-order valence-electron chi connectivity index (χ0n) is 18.9. The van der Waals surface area contributed by atoms with Crippen LogP contribution in [-0.4, -0.2) is 29.1 Å². The van der Waals surface area contributed by atoms with Crippen molar-refractivity contribution >= 4 is 17.3 Å². The van der Waals surface area contributed by atoms with Gasteiger partial charge in [0.25, 0.3) is 0 Å². The molecule has 5 aliphatic rings. The average molecular weight is 423 g/mol. The number of rotatable bonds is 1. The lowest BCUT2D eigenvalue weighted by molar-refractivity contribution is -0.188. The van der Waals surface area contributed by atoms with Crippen LogP contribution < -0.4 is 0 Å². The number of hydrogen-bond acceptors (Lipinski definition) is 5. The second-order valence-corrected chi connectivity index (χ2v) is 11.8. The normalized spacial score (nSPS) is 51.7. The number of ketones is 3.